The van der Waals surface area contributed by atoms with E-state index in [-0.39, 0.29) is 27.4 Å². The molecule has 11 heteroatoms. The Morgan fingerprint density at radius 3 is 2.59 bits per heavy atom. The minimum atomic E-state index is -4.75. The molecular weight excluding hydrogens is 389 g/mol. The largest absolute Gasteiger partial charge is 0.449 e. The molecule has 0 atom stereocenters. The topological polar surface area (TPSA) is 90.1 Å². The molecule has 0 aliphatic carbocycles. The number of para-hydroxylation sites is 2. The first kappa shape index (κ1) is 18.6. The first-order valence-corrected chi connectivity index (χ1v) is 7.81. The average Bonchev–Trinajstić information content (AvgIpc) is 2.95. The number of imidazole rings is 1. The van der Waals surface area contributed by atoms with E-state index in [1.165, 1.54) is 30.3 Å². The van der Waals surface area contributed by atoms with Crippen LogP contribution in [0.15, 0.2) is 42.5 Å². The molecule has 0 aliphatic rings. The molecule has 2 aromatic carbocycles. The van der Waals surface area contributed by atoms with E-state index in [1.807, 2.05) is 0 Å². The third-order valence-corrected chi connectivity index (χ3v) is 3.96. The number of non-ortho nitro benzene ring substituents is 1. The molecule has 7 nitrogen and oxygen atoms in total. The number of nitrogens with zero attached hydrogens (tertiary/aromatic N) is 3. The van der Waals surface area contributed by atoms with Crippen molar-refractivity contribution in [2.45, 2.75) is 12.7 Å². The van der Waals surface area contributed by atoms with Gasteiger partial charge >= 0.3 is 6.18 Å². The number of halogens is 4. The van der Waals surface area contributed by atoms with Crippen molar-refractivity contribution in [3.8, 4) is 0 Å². The number of amides is 1. The van der Waals surface area contributed by atoms with Gasteiger partial charge < -0.3 is 9.88 Å². The number of carbonyl (C=O) groups is 1. The van der Waals surface area contributed by atoms with Gasteiger partial charge in [-0.25, -0.2) is 4.98 Å². The smallest absolute Gasteiger partial charge is 0.323 e. The highest BCUT2D eigenvalue weighted by Gasteiger charge is 2.38. The Bertz CT molecular complexity index is 1050. The normalized spacial score (nSPS) is 11.6. The molecule has 0 aliphatic heterocycles. The minimum Gasteiger partial charge on any atom is -0.323 e. The number of nitro groups is 1. The van der Waals surface area contributed by atoms with Crippen LogP contribution >= 0.6 is 11.6 Å². The summed E-state index contributed by atoms with van der Waals surface area (Å²) in [4.78, 5) is 25.8. The number of carbonyl (C=O) groups excluding carboxylic acids is 1. The molecule has 0 fully saturated rings. The summed E-state index contributed by atoms with van der Waals surface area (Å²) in [5.41, 5.74) is 0.0176. The molecule has 3 aromatic rings. The Morgan fingerprint density at radius 2 is 1.96 bits per heavy atom. The average molecular weight is 399 g/mol. The number of anilines is 1. The zero-order valence-corrected chi connectivity index (χ0v) is 14.1. The number of nitro benzene ring substituents is 1. The van der Waals surface area contributed by atoms with Crippen LogP contribution in [0.4, 0.5) is 24.5 Å². The van der Waals surface area contributed by atoms with Gasteiger partial charge in [-0.05, 0) is 18.2 Å². The quantitative estimate of drug-likeness (QED) is 0.525. The number of rotatable bonds is 4. The molecule has 1 N–H and O–H groups in total. The van der Waals surface area contributed by atoms with Crippen LogP contribution in [0.3, 0.4) is 0 Å². The molecule has 3 rings (SSSR count). The third-order valence-electron chi connectivity index (χ3n) is 3.65. The summed E-state index contributed by atoms with van der Waals surface area (Å²) in [6.45, 7) is -0.664. The molecule has 0 spiro atoms. The fraction of sp³-hybridized carbons (Fsp3) is 0.125. The van der Waals surface area contributed by atoms with Crippen molar-refractivity contribution in [3.63, 3.8) is 0 Å². The number of fused-ring (bicyclic) bond motifs is 1. The molecule has 0 bridgehead atoms. The van der Waals surface area contributed by atoms with Crippen molar-refractivity contribution in [2.24, 2.45) is 0 Å². The van der Waals surface area contributed by atoms with Gasteiger partial charge in [-0.15, -0.1) is 0 Å². The molecule has 0 saturated heterocycles. The van der Waals surface area contributed by atoms with E-state index in [1.54, 1.807) is 0 Å². The van der Waals surface area contributed by atoms with Gasteiger partial charge in [0.1, 0.15) is 6.54 Å². The Morgan fingerprint density at radius 1 is 1.26 bits per heavy atom. The van der Waals surface area contributed by atoms with Gasteiger partial charge in [0.05, 0.1) is 26.7 Å². The van der Waals surface area contributed by atoms with Gasteiger partial charge in [0.15, 0.2) is 0 Å². The van der Waals surface area contributed by atoms with Gasteiger partial charge in [-0.1, -0.05) is 23.7 Å². The van der Waals surface area contributed by atoms with Crippen LogP contribution in [0.1, 0.15) is 5.82 Å². The summed E-state index contributed by atoms with van der Waals surface area (Å²) in [5, 5.41) is 12.9. The van der Waals surface area contributed by atoms with Gasteiger partial charge in [0.25, 0.3) is 5.69 Å². The fourth-order valence-corrected chi connectivity index (χ4v) is 2.73. The minimum absolute atomic E-state index is 0.0465. The molecule has 1 heterocycles. The van der Waals surface area contributed by atoms with E-state index in [2.05, 4.69) is 10.3 Å². The number of hydrogen-bond acceptors (Lipinski definition) is 4. The second-order valence-electron chi connectivity index (χ2n) is 5.48. The summed E-state index contributed by atoms with van der Waals surface area (Å²) >= 11 is 5.88. The first-order chi connectivity index (χ1) is 12.7. The lowest BCUT2D eigenvalue weighted by Crippen LogP contribution is -2.23. The maximum atomic E-state index is 13.2. The number of alkyl halides is 3. The van der Waals surface area contributed by atoms with Crippen LogP contribution in [0, 0.1) is 10.1 Å². The molecular formula is C16H10ClF3N4O3. The van der Waals surface area contributed by atoms with Crippen LogP contribution in [-0.4, -0.2) is 20.4 Å². The van der Waals surface area contributed by atoms with Crippen LogP contribution < -0.4 is 5.32 Å². The van der Waals surface area contributed by atoms with Crippen molar-refractivity contribution >= 4 is 39.9 Å². The lowest BCUT2D eigenvalue weighted by Gasteiger charge is -2.12. The van der Waals surface area contributed by atoms with Crippen LogP contribution in [0.5, 0.6) is 0 Å². The Kier molecular flexibility index (Phi) is 4.75. The maximum absolute atomic E-state index is 13.2. The second kappa shape index (κ2) is 6.88. The Hall–Kier alpha value is -3.14. The van der Waals surface area contributed by atoms with Gasteiger partial charge in [0, 0.05) is 12.1 Å². The SMILES string of the molecule is O=C(Cn1c(C(F)(F)F)nc2ccccc21)Nc1ccc([N+](=O)[O-])cc1Cl. The number of benzene rings is 2. The zero-order valence-electron chi connectivity index (χ0n) is 13.3. The lowest BCUT2D eigenvalue weighted by atomic mass is 10.2. The van der Waals surface area contributed by atoms with Crippen molar-refractivity contribution in [2.75, 3.05) is 5.32 Å². The van der Waals surface area contributed by atoms with Crippen LogP contribution in [0.25, 0.3) is 11.0 Å². The fourth-order valence-electron chi connectivity index (χ4n) is 2.50. The monoisotopic (exact) mass is 398 g/mol. The van der Waals surface area contributed by atoms with Crippen molar-refractivity contribution in [1.82, 2.24) is 9.55 Å². The van der Waals surface area contributed by atoms with Crippen LogP contribution in [0.2, 0.25) is 5.02 Å². The van der Waals surface area contributed by atoms with E-state index in [9.17, 15) is 28.1 Å². The van der Waals surface area contributed by atoms with Crippen molar-refractivity contribution < 1.29 is 22.9 Å². The molecule has 140 valence electrons. The molecule has 27 heavy (non-hydrogen) atoms. The highest BCUT2D eigenvalue weighted by Crippen LogP contribution is 2.32. The predicted molar refractivity (Wildman–Crippen MR) is 91.5 cm³/mol. The van der Waals surface area contributed by atoms with E-state index in [0.29, 0.717) is 0 Å². The van der Waals surface area contributed by atoms with E-state index in [4.69, 9.17) is 11.6 Å². The van der Waals surface area contributed by atoms with Crippen LogP contribution in [-0.2, 0) is 17.5 Å². The van der Waals surface area contributed by atoms with Gasteiger partial charge in [0.2, 0.25) is 11.7 Å². The highest BCUT2D eigenvalue weighted by atomic mass is 35.5. The molecule has 0 saturated carbocycles. The highest BCUT2D eigenvalue weighted by molar-refractivity contribution is 6.33. The van der Waals surface area contributed by atoms with Gasteiger partial charge in [-0.3, -0.25) is 14.9 Å². The molecule has 1 aromatic heterocycles. The molecule has 0 radical (unpaired) electrons. The molecule has 0 unspecified atom stereocenters. The maximum Gasteiger partial charge on any atom is 0.449 e. The number of aromatic nitrogens is 2. The first-order valence-electron chi connectivity index (χ1n) is 7.43. The van der Waals surface area contributed by atoms with Crippen molar-refractivity contribution in [3.05, 3.63) is 63.4 Å². The third kappa shape index (κ3) is 3.85. The van der Waals surface area contributed by atoms with Crippen molar-refractivity contribution in [1.29, 1.82) is 0 Å². The lowest BCUT2D eigenvalue weighted by molar-refractivity contribution is -0.384. The van der Waals surface area contributed by atoms with E-state index >= 15 is 0 Å². The Labute approximate surface area is 154 Å². The number of hydrogen-bond donors (Lipinski definition) is 1. The summed E-state index contributed by atoms with van der Waals surface area (Å²) in [6.07, 6.45) is -4.75. The zero-order chi connectivity index (χ0) is 19.8. The van der Waals surface area contributed by atoms with E-state index in [0.717, 1.165) is 16.7 Å². The summed E-state index contributed by atoms with van der Waals surface area (Å²) in [7, 11) is 0. The summed E-state index contributed by atoms with van der Waals surface area (Å²) in [5.74, 6) is -1.99. The second-order valence-corrected chi connectivity index (χ2v) is 5.88. The summed E-state index contributed by atoms with van der Waals surface area (Å²) in [6, 6.07) is 9.26. The van der Waals surface area contributed by atoms with E-state index < -0.39 is 29.4 Å². The number of nitrogens with one attached hydrogen (secondary N) is 1. The summed E-state index contributed by atoms with van der Waals surface area (Å²) < 4.78 is 40.5. The van der Waals surface area contributed by atoms with Gasteiger partial charge in [-0.2, -0.15) is 13.2 Å². The Balaban J connectivity index is 1.89. The molecule has 1 amide bonds. The predicted octanol–water partition coefficient (Wildman–Crippen LogP) is 4.26. The standard InChI is InChI=1S/C16H10ClF3N4O3/c17-10-7-9(24(26)27)5-6-11(10)21-14(25)8-23-13-4-2-1-3-12(13)22-15(23)16(18,19)20/h1-7H,8H2,(H,21,25).